The maximum atomic E-state index is 13.6. The summed E-state index contributed by atoms with van der Waals surface area (Å²) in [6, 6.07) is 7.39. The van der Waals surface area contributed by atoms with Gasteiger partial charge in [0.05, 0.1) is 0 Å². The zero-order chi connectivity index (χ0) is 17.2. The monoisotopic (exact) mass is 352 g/mol. The number of hydrogen-bond donors (Lipinski definition) is 2. The van der Waals surface area contributed by atoms with Crippen molar-refractivity contribution in [2.24, 2.45) is 4.99 Å². The summed E-state index contributed by atoms with van der Waals surface area (Å²) < 4.78 is 13.6. The average molecular weight is 353 g/mol. The second kappa shape index (κ2) is 10.6. The highest BCUT2D eigenvalue weighted by Crippen LogP contribution is 2.20. The van der Waals surface area contributed by atoms with Crippen LogP contribution in [-0.4, -0.2) is 55.9 Å². The van der Waals surface area contributed by atoms with Crippen molar-refractivity contribution >= 4 is 17.7 Å². The van der Waals surface area contributed by atoms with E-state index < -0.39 is 0 Å². The van der Waals surface area contributed by atoms with Gasteiger partial charge in [-0.15, -0.1) is 11.8 Å². The van der Waals surface area contributed by atoms with E-state index in [1.165, 1.54) is 30.8 Å². The van der Waals surface area contributed by atoms with E-state index in [9.17, 15) is 4.39 Å². The summed E-state index contributed by atoms with van der Waals surface area (Å²) in [5, 5.41) is 6.83. The summed E-state index contributed by atoms with van der Waals surface area (Å²) in [5.41, 5.74) is 0. The van der Waals surface area contributed by atoms with Gasteiger partial charge in [0, 0.05) is 43.4 Å². The molecule has 0 saturated carbocycles. The quantitative estimate of drug-likeness (QED) is 0.343. The molecular formula is C18H29FN4S. The normalized spacial score (nSPS) is 17.0. The van der Waals surface area contributed by atoms with Crippen molar-refractivity contribution in [1.29, 1.82) is 0 Å². The first-order valence-electron chi connectivity index (χ1n) is 8.79. The van der Waals surface area contributed by atoms with Crippen LogP contribution in [0.5, 0.6) is 0 Å². The largest absolute Gasteiger partial charge is 0.356 e. The van der Waals surface area contributed by atoms with Crippen molar-refractivity contribution in [3.8, 4) is 0 Å². The zero-order valence-electron chi connectivity index (χ0n) is 14.7. The third kappa shape index (κ3) is 6.32. The van der Waals surface area contributed by atoms with E-state index >= 15 is 0 Å². The van der Waals surface area contributed by atoms with Crippen LogP contribution in [0.4, 0.5) is 4.39 Å². The number of rotatable bonds is 7. The molecule has 0 radical (unpaired) electrons. The molecule has 1 aliphatic rings. The van der Waals surface area contributed by atoms with Gasteiger partial charge in [0.25, 0.3) is 0 Å². The smallest absolute Gasteiger partial charge is 0.191 e. The van der Waals surface area contributed by atoms with Crippen LogP contribution in [0.15, 0.2) is 34.2 Å². The van der Waals surface area contributed by atoms with Gasteiger partial charge in [0.1, 0.15) is 5.82 Å². The molecule has 1 heterocycles. The van der Waals surface area contributed by atoms with Gasteiger partial charge in [-0.25, -0.2) is 4.39 Å². The van der Waals surface area contributed by atoms with Crippen LogP contribution in [-0.2, 0) is 0 Å². The van der Waals surface area contributed by atoms with Gasteiger partial charge < -0.3 is 15.5 Å². The van der Waals surface area contributed by atoms with Crippen LogP contribution in [0.1, 0.15) is 26.2 Å². The first-order valence-corrected chi connectivity index (χ1v) is 9.78. The third-order valence-corrected chi connectivity index (χ3v) is 5.23. The fourth-order valence-electron chi connectivity index (χ4n) is 2.90. The van der Waals surface area contributed by atoms with Crippen LogP contribution < -0.4 is 10.6 Å². The number of hydrogen-bond acceptors (Lipinski definition) is 3. The molecule has 1 aromatic rings. The lowest BCUT2D eigenvalue weighted by Crippen LogP contribution is -2.49. The maximum Gasteiger partial charge on any atom is 0.191 e. The number of guanidine groups is 1. The predicted molar refractivity (Wildman–Crippen MR) is 101 cm³/mol. The Labute approximate surface area is 149 Å². The summed E-state index contributed by atoms with van der Waals surface area (Å²) in [6.07, 6.45) is 3.54. The summed E-state index contributed by atoms with van der Waals surface area (Å²) in [4.78, 5) is 7.52. The van der Waals surface area contributed by atoms with Gasteiger partial charge in [0.15, 0.2) is 5.96 Å². The summed E-state index contributed by atoms with van der Waals surface area (Å²) >= 11 is 1.52. The minimum atomic E-state index is -0.149. The molecule has 0 amide bonds. The molecule has 24 heavy (non-hydrogen) atoms. The van der Waals surface area contributed by atoms with E-state index in [2.05, 4.69) is 27.4 Å². The van der Waals surface area contributed by atoms with E-state index in [4.69, 9.17) is 0 Å². The van der Waals surface area contributed by atoms with Gasteiger partial charge in [0.2, 0.25) is 0 Å². The molecule has 6 heteroatoms. The van der Waals surface area contributed by atoms with Crippen molar-refractivity contribution < 1.29 is 4.39 Å². The SMILES string of the molecule is CCCN1CCC(NC(=NC)NCCSc2ccccc2F)CC1. The Morgan fingerprint density at radius 1 is 1.33 bits per heavy atom. The second-order valence-electron chi connectivity index (χ2n) is 6.04. The van der Waals surface area contributed by atoms with Crippen LogP contribution in [0.3, 0.4) is 0 Å². The Bertz CT molecular complexity index is 515. The molecule has 4 nitrogen and oxygen atoms in total. The summed E-state index contributed by atoms with van der Waals surface area (Å²) in [6.45, 7) is 6.51. The highest BCUT2D eigenvalue weighted by atomic mass is 32.2. The van der Waals surface area contributed by atoms with Crippen molar-refractivity contribution in [2.75, 3.05) is 39.0 Å². The van der Waals surface area contributed by atoms with E-state index in [-0.39, 0.29) is 5.82 Å². The van der Waals surface area contributed by atoms with Crippen LogP contribution in [0, 0.1) is 5.82 Å². The summed E-state index contributed by atoms with van der Waals surface area (Å²) in [7, 11) is 1.80. The molecule has 0 bridgehead atoms. The van der Waals surface area contributed by atoms with Gasteiger partial charge in [-0.2, -0.15) is 0 Å². The number of likely N-dealkylation sites (tertiary alicyclic amines) is 1. The highest BCUT2D eigenvalue weighted by molar-refractivity contribution is 7.99. The van der Waals surface area contributed by atoms with E-state index in [1.54, 1.807) is 13.1 Å². The van der Waals surface area contributed by atoms with Crippen molar-refractivity contribution in [2.45, 2.75) is 37.1 Å². The lowest BCUT2D eigenvalue weighted by molar-refractivity contribution is 0.206. The molecular weight excluding hydrogens is 323 g/mol. The van der Waals surface area contributed by atoms with Gasteiger partial charge in [-0.1, -0.05) is 19.1 Å². The lowest BCUT2D eigenvalue weighted by Gasteiger charge is -2.32. The van der Waals surface area contributed by atoms with E-state index in [0.717, 1.165) is 44.2 Å². The van der Waals surface area contributed by atoms with E-state index in [1.807, 2.05) is 12.1 Å². The first kappa shape index (κ1) is 19.1. The molecule has 1 fully saturated rings. The maximum absolute atomic E-state index is 13.6. The highest BCUT2D eigenvalue weighted by Gasteiger charge is 2.19. The molecule has 134 valence electrons. The second-order valence-corrected chi connectivity index (χ2v) is 7.17. The Morgan fingerprint density at radius 3 is 2.75 bits per heavy atom. The van der Waals surface area contributed by atoms with Crippen LogP contribution in [0.25, 0.3) is 0 Å². The topological polar surface area (TPSA) is 39.7 Å². The zero-order valence-corrected chi connectivity index (χ0v) is 15.5. The standard InChI is InChI=1S/C18H29FN4S/c1-3-11-23-12-8-15(9-13-23)22-18(20-2)21-10-14-24-17-7-5-4-6-16(17)19/h4-7,15H,3,8-14H2,1-2H3,(H2,20,21,22). The number of aliphatic imine (C=N–C) groups is 1. The Hall–Kier alpha value is -1.27. The minimum Gasteiger partial charge on any atom is -0.356 e. The van der Waals surface area contributed by atoms with Gasteiger partial charge in [-0.05, 0) is 37.9 Å². The molecule has 1 aliphatic heterocycles. The number of nitrogens with one attached hydrogen (secondary N) is 2. The van der Waals surface area contributed by atoms with Crippen LogP contribution >= 0.6 is 11.8 Å². The molecule has 0 spiro atoms. The number of thioether (sulfide) groups is 1. The predicted octanol–water partition coefficient (Wildman–Crippen LogP) is 2.96. The number of halogens is 1. The van der Waals surface area contributed by atoms with Gasteiger partial charge >= 0.3 is 0 Å². The first-order chi connectivity index (χ1) is 11.7. The number of benzene rings is 1. The Morgan fingerprint density at radius 2 is 2.08 bits per heavy atom. The molecule has 0 atom stereocenters. The lowest BCUT2D eigenvalue weighted by atomic mass is 10.1. The number of nitrogens with zero attached hydrogens (tertiary/aromatic N) is 2. The van der Waals surface area contributed by atoms with Crippen molar-refractivity contribution in [1.82, 2.24) is 15.5 Å². The molecule has 1 aromatic carbocycles. The molecule has 0 unspecified atom stereocenters. The van der Waals surface area contributed by atoms with Gasteiger partial charge in [-0.3, -0.25) is 4.99 Å². The molecule has 1 saturated heterocycles. The summed E-state index contributed by atoms with van der Waals surface area (Å²) in [5.74, 6) is 1.50. The fraction of sp³-hybridized carbons (Fsp3) is 0.611. The Kier molecular flexibility index (Phi) is 8.39. The minimum absolute atomic E-state index is 0.149. The Balaban J connectivity index is 1.65. The van der Waals surface area contributed by atoms with Crippen molar-refractivity contribution in [3.63, 3.8) is 0 Å². The third-order valence-electron chi connectivity index (χ3n) is 4.18. The molecule has 2 rings (SSSR count). The van der Waals surface area contributed by atoms with Crippen LogP contribution in [0.2, 0.25) is 0 Å². The average Bonchev–Trinajstić information content (AvgIpc) is 2.61. The molecule has 0 aromatic heterocycles. The fourth-order valence-corrected chi connectivity index (χ4v) is 3.70. The van der Waals surface area contributed by atoms with Crippen molar-refractivity contribution in [3.05, 3.63) is 30.1 Å². The molecule has 2 N–H and O–H groups in total. The molecule has 0 aliphatic carbocycles. The van der Waals surface area contributed by atoms with E-state index in [0.29, 0.717) is 10.9 Å². The number of piperidine rings is 1.